The molecule has 0 spiro atoms. The summed E-state index contributed by atoms with van der Waals surface area (Å²) in [5.41, 5.74) is 7.44. The fourth-order valence-electron chi connectivity index (χ4n) is 2.91. The standard InChI is InChI=1S/C13H15ClFN3/c1-2-13(4-3-5-13)18-11-7-9(15)8(14)6-10(11)17-12(18)16/h6-7H,2-5H2,1H3,(H2,16,17). The number of rotatable bonds is 2. The van der Waals surface area contributed by atoms with Crippen molar-refractivity contribution in [1.82, 2.24) is 9.55 Å². The molecular weight excluding hydrogens is 253 g/mol. The van der Waals surface area contributed by atoms with Crippen molar-refractivity contribution in [2.24, 2.45) is 0 Å². The molecule has 1 aromatic carbocycles. The van der Waals surface area contributed by atoms with E-state index in [0.29, 0.717) is 11.5 Å². The zero-order chi connectivity index (χ0) is 12.9. The van der Waals surface area contributed by atoms with Crippen LogP contribution in [0, 0.1) is 5.82 Å². The molecule has 1 aliphatic carbocycles. The smallest absolute Gasteiger partial charge is 0.201 e. The van der Waals surface area contributed by atoms with E-state index in [1.807, 2.05) is 4.57 Å². The topological polar surface area (TPSA) is 43.8 Å². The predicted octanol–water partition coefficient (Wildman–Crippen LogP) is 3.70. The first-order valence-corrected chi connectivity index (χ1v) is 6.59. The highest BCUT2D eigenvalue weighted by Crippen LogP contribution is 2.45. The van der Waals surface area contributed by atoms with E-state index >= 15 is 0 Å². The Morgan fingerprint density at radius 1 is 1.50 bits per heavy atom. The average Bonchev–Trinajstić information content (AvgIpc) is 2.57. The maximum atomic E-state index is 13.6. The van der Waals surface area contributed by atoms with Crippen molar-refractivity contribution in [3.8, 4) is 0 Å². The molecule has 0 bridgehead atoms. The van der Waals surface area contributed by atoms with E-state index in [2.05, 4.69) is 11.9 Å². The number of imidazole rings is 1. The van der Waals surface area contributed by atoms with Crippen molar-refractivity contribution in [2.45, 2.75) is 38.1 Å². The minimum atomic E-state index is -0.420. The molecule has 0 radical (unpaired) electrons. The van der Waals surface area contributed by atoms with Crippen LogP contribution in [0.2, 0.25) is 5.02 Å². The van der Waals surface area contributed by atoms with E-state index in [-0.39, 0.29) is 10.6 Å². The van der Waals surface area contributed by atoms with E-state index in [1.165, 1.54) is 12.5 Å². The Bertz CT molecular complexity index is 611. The minimum absolute atomic E-state index is 0.0130. The van der Waals surface area contributed by atoms with Gasteiger partial charge in [-0.2, -0.15) is 0 Å². The van der Waals surface area contributed by atoms with Crippen LogP contribution in [0.5, 0.6) is 0 Å². The molecule has 1 aliphatic rings. The van der Waals surface area contributed by atoms with Gasteiger partial charge in [0.05, 0.1) is 16.1 Å². The van der Waals surface area contributed by atoms with Gasteiger partial charge in [-0.25, -0.2) is 9.37 Å². The van der Waals surface area contributed by atoms with Gasteiger partial charge in [0.1, 0.15) is 5.82 Å². The first-order valence-electron chi connectivity index (χ1n) is 6.21. The molecule has 96 valence electrons. The van der Waals surface area contributed by atoms with Crippen LogP contribution < -0.4 is 5.73 Å². The number of benzene rings is 1. The van der Waals surface area contributed by atoms with Crippen molar-refractivity contribution in [1.29, 1.82) is 0 Å². The van der Waals surface area contributed by atoms with Gasteiger partial charge in [0.2, 0.25) is 5.95 Å². The van der Waals surface area contributed by atoms with Crippen molar-refractivity contribution in [3.63, 3.8) is 0 Å². The Morgan fingerprint density at radius 3 is 2.78 bits per heavy atom. The van der Waals surface area contributed by atoms with E-state index < -0.39 is 5.82 Å². The van der Waals surface area contributed by atoms with Gasteiger partial charge in [-0.3, -0.25) is 0 Å². The van der Waals surface area contributed by atoms with Crippen molar-refractivity contribution in [2.75, 3.05) is 5.73 Å². The van der Waals surface area contributed by atoms with Crippen LogP contribution >= 0.6 is 11.6 Å². The minimum Gasteiger partial charge on any atom is -0.369 e. The van der Waals surface area contributed by atoms with Crippen LogP contribution in [0.4, 0.5) is 10.3 Å². The van der Waals surface area contributed by atoms with E-state index in [0.717, 1.165) is 24.8 Å². The molecule has 0 atom stereocenters. The zero-order valence-electron chi connectivity index (χ0n) is 10.2. The zero-order valence-corrected chi connectivity index (χ0v) is 11.0. The molecule has 1 heterocycles. The number of hydrogen-bond donors (Lipinski definition) is 1. The van der Waals surface area contributed by atoms with Crippen LogP contribution in [0.1, 0.15) is 32.6 Å². The number of nitrogens with zero attached hydrogens (tertiary/aromatic N) is 2. The third-order valence-electron chi connectivity index (χ3n) is 4.14. The summed E-state index contributed by atoms with van der Waals surface area (Å²) in [6.07, 6.45) is 4.31. The largest absolute Gasteiger partial charge is 0.369 e. The predicted molar refractivity (Wildman–Crippen MR) is 71.2 cm³/mol. The maximum Gasteiger partial charge on any atom is 0.201 e. The molecule has 1 saturated carbocycles. The van der Waals surface area contributed by atoms with Crippen molar-refractivity contribution < 1.29 is 4.39 Å². The van der Waals surface area contributed by atoms with Gasteiger partial charge in [-0.15, -0.1) is 0 Å². The van der Waals surface area contributed by atoms with Crippen molar-refractivity contribution in [3.05, 3.63) is 23.0 Å². The summed E-state index contributed by atoms with van der Waals surface area (Å²) in [6.45, 7) is 2.14. The number of nitrogen functional groups attached to an aromatic ring is 1. The highest BCUT2D eigenvalue weighted by atomic mass is 35.5. The molecule has 0 amide bonds. The SMILES string of the molecule is CCC1(n2c(N)nc3cc(Cl)c(F)cc32)CCC1. The van der Waals surface area contributed by atoms with Crippen LogP contribution in [0.15, 0.2) is 12.1 Å². The summed E-state index contributed by atoms with van der Waals surface area (Å²) < 4.78 is 15.6. The maximum absolute atomic E-state index is 13.6. The molecule has 2 N–H and O–H groups in total. The third-order valence-corrected chi connectivity index (χ3v) is 4.43. The summed E-state index contributed by atoms with van der Waals surface area (Å²) in [6, 6.07) is 2.98. The first kappa shape index (κ1) is 11.8. The molecule has 3 nitrogen and oxygen atoms in total. The second-order valence-corrected chi connectivity index (χ2v) is 5.40. The van der Waals surface area contributed by atoms with Crippen LogP contribution in [0.25, 0.3) is 11.0 Å². The number of fused-ring (bicyclic) bond motifs is 1. The number of hydrogen-bond acceptors (Lipinski definition) is 2. The van der Waals surface area contributed by atoms with Gasteiger partial charge in [0, 0.05) is 11.6 Å². The molecular formula is C13H15ClFN3. The lowest BCUT2D eigenvalue weighted by Crippen LogP contribution is -2.40. The molecule has 18 heavy (non-hydrogen) atoms. The quantitative estimate of drug-likeness (QED) is 0.902. The first-order chi connectivity index (χ1) is 8.57. The monoisotopic (exact) mass is 267 g/mol. The Labute approximate surface area is 110 Å². The number of anilines is 1. The Hall–Kier alpha value is -1.29. The van der Waals surface area contributed by atoms with E-state index in [1.54, 1.807) is 6.07 Å². The Morgan fingerprint density at radius 2 is 2.22 bits per heavy atom. The van der Waals surface area contributed by atoms with E-state index in [9.17, 15) is 4.39 Å². The summed E-state index contributed by atoms with van der Waals surface area (Å²) in [7, 11) is 0. The molecule has 0 unspecified atom stereocenters. The lowest BCUT2D eigenvalue weighted by atomic mass is 9.74. The van der Waals surface area contributed by atoms with Gasteiger partial charge in [-0.05, 0) is 31.7 Å². The summed E-state index contributed by atoms with van der Waals surface area (Å²) in [5, 5.41) is 0.0892. The molecule has 1 aromatic heterocycles. The highest BCUT2D eigenvalue weighted by molar-refractivity contribution is 6.31. The lowest BCUT2D eigenvalue weighted by Gasteiger charge is -2.43. The fourth-order valence-corrected chi connectivity index (χ4v) is 3.07. The fraction of sp³-hybridized carbons (Fsp3) is 0.462. The van der Waals surface area contributed by atoms with Crippen LogP contribution in [0.3, 0.4) is 0 Å². The third kappa shape index (κ3) is 1.45. The van der Waals surface area contributed by atoms with Gasteiger partial charge in [-0.1, -0.05) is 18.5 Å². The molecule has 5 heteroatoms. The average molecular weight is 268 g/mol. The molecule has 3 rings (SSSR count). The number of aromatic nitrogens is 2. The highest BCUT2D eigenvalue weighted by Gasteiger charge is 2.39. The van der Waals surface area contributed by atoms with Crippen LogP contribution in [-0.2, 0) is 5.54 Å². The Balaban J connectivity index is 2.28. The van der Waals surface area contributed by atoms with Crippen molar-refractivity contribution >= 4 is 28.6 Å². The number of nitrogens with two attached hydrogens (primary N) is 1. The van der Waals surface area contributed by atoms with E-state index in [4.69, 9.17) is 17.3 Å². The molecule has 1 fully saturated rings. The Kier molecular flexibility index (Phi) is 2.52. The molecule has 2 aromatic rings. The van der Waals surface area contributed by atoms with Gasteiger partial charge in [0.15, 0.2) is 0 Å². The second kappa shape index (κ2) is 3.85. The molecule has 0 aliphatic heterocycles. The lowest BCUT2D eigenvalue weighted by molar-refractivity contribution is 0.144. The van der Waals surface area contributed by atoms with Gasteiger partial charge >= 0.3 is 0 Å². The summed E-state index contributed by atoms with van der Waals surface area (Å²) >= 11 is 5.78. The summed E-state index contributed by atoms with van der Waals surface area (Å²) in [4.78, 5) is 4.30. The van der Waals surface area contributed by atoms with Gasteiger partial charge in [0.25, 0.3) is 0 Å². The van der Waals surface area contributed by atoms with Gasteiger partial charge < -0.3 is 10.3 Å². The molecule has 0 saturated heterocycles. The number of halogens is 2. The van der Waals surface area contributed by atoms with Crippen LogP contribution in [-0.4, -0.2) is 9.55 Å². The summed E-state index contributed by atoms with van der Waals surface area (Å²) in [5.74, 6) is 0.0316. The second-order valence-electron chi connectivity index (χ2n) is 4.99. The normalized spacial score (nSPS) is 17.9.